The van der Waals surface area contributed by atoms with Crippen molar-refractivity contribution in [3.05, 3.63) is 48.0 Å². The predicted octanol–water partition coefficient (Wildman–Crippen LogP) is 4.38. The standard InChI is InChI=1S/C24H30N2O4/c1-16(2)23(28)25-18-8-11-21-20(14-18)26(22(27)15-30-21)12-13-29-19-9-6-17(7-10-19)24(3,4)5/h6-11,14,16H,12-13,15H2,1-5H3,(H,25,28). The fourth-order valence-electron chi connectivity index (χ4n) is 3.12. The van der Waals surface area contributed by atoms with Gasteiger partial charge in [-0.15, -0.1) is 0 Å². The quantitative estimate of drug-likeness (QED) is 0.767. The Kier molecular flexibility index (Phi) is 6.34. The molecule has 0 radical (unpaired) electrons. The third-order valence-electron chi connectivity index (χ3n) is 5.00. The van der Waals surface area contributed by atoms with Gasteiger partial charge in [0.15, 0.2) is 6.61 Å². The van der Waals surface area contributed by atoms with Gasteiger partial charge in [-0.05, 0) is 41.3 Å². The van der Waals surface area contributed by atoms with Crippen LogP contribution in [0.25, 0.3) is 0 Å². The highest BCUT2D eigenvalue weighted by molar-refractivity contribution is 5.99. The van der Waals surface area contributed by atoms with Crippen LogP contribution in [0.15, 0.2) is 42.5 Å². The van der Waals surface area contributed by atoms with E-state index in [9.17, 15) is 9.59 Å². The molecule has 0 saturated heterocycles. The minimum absolute atomic E-state index is 0.00895. The Hall–Kier alpha value is -3.02. The summed E-state index contributed by atoms with van der Waals surface area (Å²) in [5.41, 5.74) is 2.60. The molecule has 0 aliphatic carbocycles. The number of amides is 2. The first-order valence-electron chi connectivity index (χ1n) is 10.3. The molecule has 1 aliphatic heterocycles. The third kappa shape index (κ3) is 5.12. The topological polar surface area (TPSA) is 67.9 Å². The lowest BCUT2D eigenvalue weighted by Gasteiger charge is -2.30. The molecule has 0 unspecified atom stereocenters. The van der Waals surface area contributed by atoms with Crippen LogP contribution >= 0.6 is 0 Å². The van der Waals surface area contributed by atoms with Gasteiger partial charge in [0, 0.05) is 11.6 Å². The molecular weight excluding hydrogens is 380 g/mol. The normalized spacial score (nSPS) is 13.7. The second-order valence-electron chi connectivity index (χ2n) is 8.78. The van der Waals surface area contributed by atoms with Crippen molar-refractivity contribution in [2.45, 2.75) is 40.0 Å². The molecule has 3 rings (SSSR count). The molecule has 1 heterocycles. The first-order valence-corrected chi connectivity index (χ1v) is 10.3. The van der Waals surface area contributed by atoms with Gasteiger partial charge in [0.05, 0.1) is 12.2 Å². The second kappa shape index (κ2) is 8.78. The van der Waals surface area contributed by atoms with Gasteiger partial charge < -0.3 is 19.7 Å². The number of hydrogen-bond acceptors (Lipinski definition) is 4. The van der Waals surface area contributed by atoms with E-state index in [1.165, 1.54) is 5.56 Å². The van der Waals surface area contributed by atoms with Crippen LogP contribution in [0.3, 0.4) is 0 Å². The summed E-state index contributed by atoms with van der Waals surface area (Å²) in [6.07, 6.45) is 0. The van der Waals surface area contributed by atoms with Crippen molar-refractivity contribution in [2.24, 2.45) is 5.92 Å². The van der Waals surface area contributed by atoms with E-state index in [0.29, 0.717) is 30.3 Å². The molecule has 2 aromatic carbocycles. The zero-order chi connectivity index (χ0) is 21.9. The molecule has 0 bridgehead atoms. The van der Waals surface area contributed by atoms with Gasteiger partial charge in [-0.3, -0.25) is 9.59 Å². The highest BCUT2D eigenvalue weighted by atomic mass is 16.5. The van der Waals surface area contributed by atoms with Gasteiger partial charge in [0.25, 0.3) is 5.91 Å². The molecule has 0 spiro atoms. The number of nitrogens with one attached hydrogen (secondary N) is 1. The van der Waals surface area contributed by atoms with E-state index in [1.54, 1.807) is 23.1 Å². The molecular formula is C24H30N2O4. The number of fused-ring (bicyclic) bond motifs is 1. The van der Waals surface area contributed by atoms with Crippen LogP contribution in [0.5, 0.6) is 11.5 Å². The number of anilines is 2. The third-order valence-corrected chi connectivity index (χ3v) is 5.00. The van der Waals surface area contributed by atoms with Crippen LogP contribution in [0.2, 0.25) is 0 Å². The summed E-state index contributed by atoms with van der Waals surface area (Å²) in [4.78, 5) is 26.1. The predicted molar refractivity (Wildman–Crippen MR) is 118 cm³/mol. The summed E-state index contributed by atoms with van der Waals surface area (Å²) in [6, 6.07) is 13.4. The molecule has 1 aliphatic rings. The molecule has 0 saturated carbocycles. The van der Waals surface area contributed by atoms with Crippen molar-refractivity contribution in [1.29, 1.82) is 0 Å². The fourth-order valence-corrected chi connectivity index (χ4v) is 3.12. The zero-order valence-corrected chi connectivity index (χ0v) is 18.3. The molecule has 160 valence electrons. The zero-order valence-electron chi connectivity index (χ0n) is 18.3. The van der Waals surface area contributed by atoms with E-state index in [2.05, 4.69) is 38.2 Å². The summed E-state index contributed by atoms with van der Waals surface area (Å²) < 4.78 is 11.4. The van der Waals surface area contributed by atoms with Gasteiger partial charge in [-0.25, -0.2) is 0 Å². The van der Waals surface area contributed by atoms with Crippen LogP contribution < -0.4 is 19.7 Å². The van der Waals surface area contributed by atoms with E-state index >= 15 is 0 Å². The van der Waals surface area contributed by atoms with Crippen LogP contribution in [-0.4, -0.2) is 31.6 Å². The molecule has 6 heteroatoms. The smallest absolute Gasteiger partial charge is 0.265 e. The SMILES string of the molecule is CC(C)C(=O)Nc1ccc2c(c1)N(CCOc1ccc(C(C)(C)C)cc1)C(=O)CO2. The lowest BCUT2D eigenvalue weighted by atomic mass is 9.87. The molecule has 0 aromatic heterocycles. The Balaban J connectivity index is 1.68. The second-order valence-corrected chi connectivity index (χ2v) is 8.78. The highest BCUT2D eigenvalue weighted by Gasteiger charge is 2.26. The minimum atomic E-state index is -0.137. The molecule has 0 atom stereocenters. The molecule has 0 fully saturated rings. The fraction of sp³-hybridized carbons (Fsp3) is 0.417. The van der Waals surface area contributed by atoms with Crippen LogP contribution in [0, 0.1) is 5.92 Å². The summed E-state index contributed by atoms with van der Waals surface area (Å²) in [6.45, 7) is 10.9. The summed E-state index contributed by atoms with van der Waals surface area (Å²) in [5, 5.41) is 2.86. The van der Waals surface area contributed by atoms with Crippen molar-refractivity contribution < 1.29 is 19.1 Å². The van der Waals surface area contributed by atoms with E-state index in [1.807, 2.05) is 26.0 Å². The number of nitrogens with zero attached hydrogens (tertiary/aromatic N) is 1. The first-order chi connectivity index (χ1) is 14.1. The van der Waals surface area contributed by atoms with Crippen LogP contribution in [-0.2, 0) is 15.0 Å². The largest absolute Gasteiger partial charge is 0.492 e. The Morgan fingerprint density at radius 2 is 1.87 bits per heavy atom. The van der Waals surface area contributed by atoms with Gasteiger partial charge in [0.1, 0.15) is 18.1 Å². The molecule has 2 amide bonds. The number of hydrogen-bond donors (Lipinski definition) is 1. The number of ether oxygens (including phenoxy) is 2. The van der Waals surface area contributed by atoms with Gasteiger partial charge in [-0.1, -0.05) is 46.8 Å². The Bertz CT molecular complexity index is 914. The van der Waals surface area contributed by atoms with Gasteiger partial charge in [-0.2, -0.15) is 0 Å². The molecule has 1 N–H and O–H groups in total. The molecule has 30 heavy (non-hydrogen) atoms. The van der Waals surface area contributed by atoms with E-state index in [4.69, 9.17) is 9.47 Å². The van der Waals surface area contributed by atoms with Crippen molar-refractivity contribution in [2.75, 3.05) is 30.0 Å². The molecule has 2 aromatic rings. The minimum Gasteiger partial charge on any atom is -0.492 e. The average Bonchev–Trinajstić information content (AvgIpc) is 2.69. The number of carbonyl (C=O) groups is 2. The van der Waals surface area contributed by atoms with Crippen LogP contribution in [0.1, 0.15) is 40.2 Å². The van der Waals surface area contributed by atoms with Crippen molar-refractivity contribution in [3.63, 3.8) is 0 Å². The van der Waals surface area contributed by atoms with Gasteiger partial charge in [0.2, 0.25) is 5.91 Å². The van der Waals surface area contributed by atoms with E-state index in [0.717, 1.165) is 5.75 Å². The molecule has 6 nitrogen and oxygen atoms in total. The van der Waals surface area contributed by atoms with Gasteiger partial charge >= 0.3 is 0 Å². The van der Waals surface area contributed by atoms with E-state index in [-0.39, 0.29) is 29.8 Å². The summed E-state index contributed by atoms with van der Waals surface area (Å²) in [5.74, 6) is 1.04. The maximum absolute atomic E-state index is 12.5. The summed E-state index contributed by atoms with van der Waals surface area (Å²) >= 11 is 0. The van der Waals surface area contributed by atoms with Crippen molar-refractivity contribution in [1.82, 2.24) is 0 Å². The highest BCUT2D eigenvalue weighted by Crippen LogP contribution is 2.34. The van der Waals surface area contributed by atoms with E-state index < -0.39 is 0 Å². The maximum Gasteiger partial charge on any atom is 0.265 e. The summed E-state index contributed by atoms with van der Waals surface area (Å²) in [7, 11) is 0. The monoisotopic (exact) mass is 410 g/mol. The Morgan fingerprint density at radius 1 is 1.17 bits per heavy atom. The van der Waals surface area contributed by atoms with Crippen LogP contribution in [0.4, 0.5) is 11.4 Å². The Labute approximate surface area is 178 Å². The number of rotatable bonds is 6. The first kappa shape index (κ1) is 21.7. The van der Waals surface area contributed by atoms with Crippen molar-refractivity contribution >= 4 is 23.2 Å². The average molecular weight is 411 g/mol. The number of benzene rings is 2. The van der Waals surface area contributed by atoms with Crippen molar-refractivity contribution in [3.8, 4) is 11.5 Å². The Morgan fingerprint density at radius 3 is 2.50 bits per heavy atom. The lowest BCUT2D eigenvalue weighted by molar-refractivity contribution is -0.121. The lowest BCUT2D eigenvalue weighted by Crippen LogP contribution is -2.41. The number of carbonyl (C=O) groups excluding carboxylic acids is 2. The maximum atomic E-state index is 12.5.